The highest BCUT2D eigenvalue weighted by Crippen LogP contribution is 1.94. The van der Waals surface area contributed by atoms with E-state index in [1.54, 1.807) is 0 Å². The zero-order valence-corrected chi connectivity index (χ0v) is 4.92. The molecule has 0 aliphatic carbocycles. The van der Waals surface area contributed by atoms with Gasteiger partial charge < -0.3 is 4.12 Å². The van der Waals surface area contributed by atoms with Crippen molar-refractivity contribution in [3.05, 3.63) is 0 Å². The summed E-state index contributed by atoms with van der Waals surface area (Å²) in [5.41, 5.74) is 0. The summed E-state index contributed by atoms with van der Waals surface area (Å²) in [7, 11) is -8.28. The summed E-state index contributed by atoms with van der Waals surface area (Å²) in [4.78, 5) is 0. The Kier molecular flexibility index (Phi) is 3.21. The first-order chi connectivity index (χ1) is 3.13. The Morgan fingerprint density at radius 2 is 1.14 bits per heavy atom. The molecule has 0 fully saturated rings. The van der Waals surface area contributed by atoms with Crippen molar-refractivity contribution < 1.29 is 20.5 Å². The molecule has 2 radical (unpaired) electrons. The Bertz CT molecular complexity index is 39.0. The summed E-state index contributed by atoms with van der Waals surface area (Å²) < 4.78 is 45.6. The highest BCUT2D eigenvalue weighted by Gasteiger charge is 2.24. The highest BCUT2D eigenvalue weighted by molar-refractivity contribution is 6.50. The Morgan fingerprint density at radius 3 is 1.14 bits per heavy atom. The van der Waals surface area contributed by atoms with E-state index in [4.69, 9.17) is 0 Å². The summed E-state index contributed by atoms with van der Waals surface area (Å²) in [6.07, 6.45) is 0. The maximum absolute atomic E-state index is 10.7. The van der Waals surface area contributed by atoms with Crippen LogP contribution in [-0.2, 0) is 4.12 Å². The molecule has 0 aromatic heterocycles. The van der Waals surface area contributed by atoms with Crippen LogP contribution in [-0.4, -0.2) is 19.4 Å². The van der Waals surface area contributed by atoms with Crippen molar-refractivity contribution in [2.45, 2.75) is 0 Å². The molecule has 0 spiro atoms. The zero-order chi connectivity index (χ0) is 5.86. The molecule has 42 valence electrons. The lowest BCUT2D eigenvalue weighted by Gasteiger charge is -1.88. The Hall–Kier alpha value is 0.114. The van der Waals surface area contributed by atoms with Crippen LogP contribution in [0.25, 0.3) is 0 Å². The SMILES string of the molecule is F[Si](F)O[Si](F)F. The van der Waals surface area contributed by atoms with Crippen LogP contribution in [0.4, 0.5) is 16.4 Å². The average Bonchev–Trinajstić information content (AvgIpc) is 1.27. The fourth-order valence-corrected chi connectivity index (χ4v) is 0.525. The molecule has 0 unspecified atom stereocenters. The maximum atomic E-state index is 10.7. The number of hydrogen-bond donors (Lipinski definition) is 0. The molecule has 0 aliphatic rings. The summed E-state index contributed by atoms with van der Waals surface area (Å²) >= 11 is 0. The van der Waals surface area contributed by atoms with Crippen molar-refractivity contribution in [2.24, 2.45) is 0 Å². The third-order valence-electron chi connectivity index (χ3n) is 0.154. The van der Waals surface area contributed by atoms with E-state index in [1.165, 1.54) is 0 Å². The van der Waals surface area contributed by atoms with Gasteiger partial charge in [0.2, 0.25) is 0 Å². The molecule has 0 bridgehead atoms. The van der Waals surface area contributed by atoms with Gasteiger partial charge in [0.25, 0.3) is 0 Å². The normalized spacial score (nSPS) is 11.1. The second-order valence-electron chi connectivity index (χ2n) is 0.554. The zero-order valence-electron chi connectivity index (χ0n) is 2.92. The van der Waals surface area contributed by atoms with Crippen molar-refractivity contribution >= 4 is 19.4 Å². The lowest BCUT2D eigenvalue weighted by molar-refractivity contribution is 0.358. The highest BCUT2D eigenvalue weighted by atomic mass is 28.5. The van der Waals surface area contributed by atoms with E-state index in [2.05, 4.69) is 4.12 Å². The van der Waals surface area contributed by atoms with Crippen molar-refractivity contribution in [1.29, 1.82) is 0 Å². The average molecular weight is 148 g/mol. The van der Waals surface area contributed by atoms with E-state index >= 15 is 0 Å². The second kappa shape index (κ2) is 3.16. The molecule has 0 amide bonds. The Morgan fingerprint density at radius 1 is 0.857 bits per heavy atom. The van der Waals surface area contributed by atoms with Crippen molar-refractivity contribution in [1.82, 2.24) is 0 Å². The summed E-state index contributed by atoms with van der Waals surface area (Å²) in [6.45, 7) is 0. The Balaban J connectivity index is 2.95. The van der Waals surface area contributed by atoms with Crippen molar-refractivity contribution in [3.63, 3.8) is 0 Å². The predicted octanol–water partition coefficient (Wildman–Crippen LogP) is 0.851. The van der Waals surface area contributed by atoms with Crippen LogP contribution in [0.1, 0.15) is 0 Å². The minimum absolute atomic E-state index is 2.79. The standard InChI is InChI=1S/F4OSi2/c1-6(2)5-7(3)4. The number of halogens is 4. The van der Waals surface area contributed by atoms with Gasteiger partial charge in [-0.05, 0) is 0 Å². The molecule has 0 heterocycles. The molecular weight excluding hydrogens is 148 g/mol. The fraction of sp³-hybridized carbons (Fsp3) is 0. The van der Waals surface area contributed by atoms with Gasteiger partial charge in [-0.3, -0.25) is 0 Å². The van der Waals surface area contributed by atoms with E-state index in [0.717, 1.165) is 0 Å². The molecular formula is F4OSi2. The summed E-state index contributed by atoms with van der Waals surface area (Å²) in [6, 6.07) is 0. The minimum atomic E-state index is -4.14. The number of hydrogen-bond acceptors (Lipinski definition) is 1. The van der Waals surface area contributed by atoms with Gasteiger partial charge in [-0.1, -0.05) is 0 Å². The van der Waals surface area contributed by atoms with E-state index in [1.807, 2.05) is 0 Å². The molecule has 7 heteroatoms. The fourth-order valence-electron chi connectivity index (χ4n) is 0.0583. The molecule has 0 aliphatic heterocycles. The molecule has 0 N–H and O–H groups in total. The van der Waals surface area contributed by atoms with Gasteiger partial charge in [0, 0.05) is 0 Å². The first-order valence-electron chi connectivity index (χ1n) is 1.16. The van der Waals surface area contributed by atoms with Gasteiger partial charge in [-0.15, -0.1) is 0 Å². The molecule has 0 saturated heterocycles. The molecule has 0 aromatic carbocycles. The lowest BCUT2D eigenvalue weighted by Crippen LogP contribution is -2.13. The van der Waals surface area contributed by atoms with E-state index in [9.17, 15) is 16.4 Å². The third-order valence-corrected chi connectivity index (χ3v) is 1.39. The van der Waals surface area contributed by atoms with Gasteiger partial charge in [-0.2, -0.15) is 0 Å². The van der Waals surface area contributed by atoms with Crippen LogP contribution in [0.3, 0.4) is 0 Å². The molecule has 0 saturated carbocycles. The van der Waals surface area contributed by atoms with Crippen LogP contribution in [0.15, 0.2) is 0 Å². The van der Waals surface area contributed by atoms with Gasteiger partial charge in [0.15, 0.2) is 0 Å². The summed E-state index contributed by atoms with van der Waals surface area (Å²) in [5.74, 6) is 0. The van der Waals surface area contributed by atoms with Gasteiger partial charge in [0.05, 0.1) is 0 Å². The van der Waals surface area contributed by atoms with Crippen LogP contribution >= 0.6 is 0 Å². The molecule has 7 heavy (non-hydrogen) atoms. The third kappa shape index (κ3) is 6.11. The van der Waals surface area contributed by atoms with Crippen LogP contribution in [0, 0.1) is 0 Å². The first-order valence-corrected chi connectivity index (χ1v) is 3.49. The van der Waals surface area contributed by atoms with Crippen LogP contribution in [0.5, 0.6) is 0 Å². The smallest absolute Gasteiger partial charge is 0.355 e. The molecule has 0 rings (SSSR count). The van der Waals surface area contributed by atoms with Gasteiger partial charge in [-0.25, -0.2) is 16.4 Å². The van der Waals surface area contributed by atoms with Crippen molar-refractivity contribution in [3.8, 4) is 0 Å². The molecule has 1 nitrogen and oxygen atoms in total. The molecule has 0 atom stereocenters. The van der Waals surface area contributed by atoms with Crippen LogP contribution in [0.2, 0.25) is 0 Å². The van der Waals surface area contributed by atoms with Crippen LogP contribution < -0.4 is 0 Å². The molecule has 0 aromatic rings. The van der Waals surface area contributed by atoms with Gasteiger partial charge in [0.1, 0.15) is 0 Å². The topological polar surface area (TPSA) is 9.23 Å². The quantitative estimate of drug-likeness (QED) is 0.320. The Labute approximate surface area is 41.0 Å². The minimum Gasteiger partial charge on any atom is -0.355 e. The predicted molar refractivity (Wildman–Crippen MR) is 17.0 cm³/mol. The van der Waals surface area contributed by atoms with E-state index in [0.29, 0.717) is 0 Å². The monoisotopic (exact) mass is 148 g/mol. The van der Waals surface area contributed by atoms with Crippen molar-refractivity contribution in [2.75, 3.05) is 0 Å². The van der Waals surface area contributed by atoms with E-state index < -0.39 is 19.4 Å². The first kappa shape index (κ1) is 7.11. The summed E-state index contributed by atoms with van der Waals surface area (Å²) in [5, 5.41) is 0. The maximum Gasteiger partial charge on any atom is 0.654 e. The van der Waals surface area contributed by atoms with Gasteiger partial charge >= 0.3 is 19.4 Å². The van der Waals surface area contributed by atoms with E-state index in [-0.39, 0.29) is 0 Å². The second-order valence-corrected chi connectivity index (χ2v) is 2.27. The number of rotatable bonds is 2. The largest absolute Gasteiger partial charge is 0.654 e. The lowest BCUT2D eigenvalue weighted by atomic mass is 15.8.